The van der Waals surface area contributed by atoms with Crippen LogP contribution in [-0.4, -0.2) is 4.92 Å². The molecule has 1 aromatic heterocycles. The molecular weight excluding hydrogens is 236 g/mol. The molecule has 0 aliphatic carbocycles. The summed E-state index contributed by atoms with van der Waals surface area (Å²) in [6, 6.07) is 6.57. The summed E-state index contributed by atoms with van der Waals surface area (Å²) in [6.45, 7) is 3.98. The predicted octanol–water partition coefficient (Wildman–Crippen LogP) is 3.52. The molecule has 5 heteroatoms. The Morgan fingerprint density at radius 3 is 2.59 bits per heavy atom. The molecule has 17 heavy (non-hydrogen) atoms. The average Bonchev–Trinajstić information content (AvgIpc) is 2.53. The lowest BCUT2D eigenvalue weighted by atomic mass is 10.0. The minimum Gasteiger partial charge on any atom is -0.390 e. The summed E-state index contributed by atoms with van der Waals surface area (Å²) in [4.78, 5) is 11.5. The first kappa shape index (κ1) is 11.6. The molecule has 0 unspecified atom stereocenters. The Morgan fingerprint density at radius 2 is 2.06 bits per heavy atom. The van der Waals surface area contributed by atoms with E-state index in [0.29, 0.717) is 5.00 Å². The van der Waals surface area contributed by atoms with Crippen LogP contribution in [0.4, 0.5) is 10.7 Å². The van der Waals surface area contributed by atoms with E-state index in [9.17, 15) is 10.1 Å². The summed E-state index contributed by atoms with van der Waals surface area (Å²) in [5, 5.41) is 11.4. The third-order valence-electron chi connectivity index (χ3n) is 2.76. The van der Waals surface area contributed by atoms with Gasteiger partial charge in [0.2, 0.25) is 0 Å². The van der Waals surface area contributed by atoms with Crippen molar-refractivity contribution >= 4 is 22.0 Å². The van der Waals surface area contributed by atoms with E-state index in [0.717, 1.165) is 21.6 Å². The lowest BCUT2D eigenvalue weighted by molar-refractivity contribution is -0.384. The summed E-state index contributed by atoms with van der Waals surface area (Å²) in [5.41, 5.74) is 8.85. The molecule has 0 saturated carbocycles. The fourth-order valence-electron chi connectivity index (χ4n) is 1.79. The van der Waals surface area contributed by atoms with Gasteiger partial charge in [-0.1, -0.05) is 12.1 Å². The van der Waals surface area contributed by atoms with E-state index >= 15 is 0 Å². The highest BCUT2D eigenvalue weighted by Crippen LogP contribution is 2.38. The summed E-state index contributed by atoms with van der Waals surface area (Å²) in [7, 11) is 0. The number of rotatable bonds is 2. The minimum atomic E-state index is -0.395. The van der Waals surface area contributed by atoms with Crippen LogP contribution in [-0.2, 0) is 0 Å². The van der Waals surface area contributed by atoms with Gasteiger partial charge >= 0.3 is 0 Å². The molecular formula is C12H12N2O2S. The van der Waals surface area contributed by atoms with Gasteiger partial charge in [0.25, 0.3) is 5.69 Å². The number of nitrogen functional groups attached to an aromatic ring is 1. The molecule has 0 atom stereocenters. The van der Waals surface area contributed by atoms with E-state index in [-0.39, 0.29) is 5.69 Å². The number of thiophene rings is 1. The van der Waals surface area contributed by atoms with Crippen molar-refractivity contribution in [3.05, 3.63) is 44.8 Å². The van der Waals surface area contributed by atoms with Crippen molar-refractivity contribution in [1.29, 1.82) is 0 Å². The summed E-state index contributed by atoms with van der Waals surface area (Å²) in [6.07, 6.45) is 0. The third-order valence-corrected chi connectivity index (χ3v) is 3.79. The van der Waals surface area contributed by atoms with E-state index in [4.69, 9.17) is 5.73 Å². The topological polar surface area (TPSA) is 69.2 Å². The van der Waals surface area contributed by atoms with Crippen molar-refractivity contribution in [3.63, 3.8) is 0 Å². The molecule has 2 aromatic rings. The SMILES string of the molecule is Cc1sc(N)c(-c2cccc([N+](=O)[O-])c2)c1C. The minimum absolute atomic E-state index is 0.0881. The summed E-state index contributed by atoms with van der Waals surface area (Å²) in [5.74, 6) is 0. The number of nitrogens with two attached hydrogens (primary N) is 1. The smallest absolute Gasteiger partial charge is 0.270 e. The van der Waals surface area contributed by atoms with Gasteiger partial charge in [-0.25, -0.2) is 0 Å². The van der Waals surface area contributed by atoms with Crippen molar-refractivity contribution in [2.75, 3.05) is 5.73 Å². The average molecular weight is 248 g/mol. The summed E-state index contributed by atoms with van der Waals surface area (Å²) < 4.78 is 0. The van der Waals surface area contributed by atoms with Crippen molar-refractivity contribution in [2.24, 2.45) is 0 Å². The fraction of sp³-hybridized carbons (Fsp3) is 0.167. The first-order chi connectivity index (χ1) is 8.00. The van der Waals surface area contributed by atoms with Crippen LogP contribution in [0, 0.1) is 24.0 Å². The molecule has 0 aliphatic heterocycles. The van der Waals surface area contributed by atoms with Crippen LogP contribution in [0.5, 0.6) is 0 Å². The fourth-order valence-corrected chi connectivity index (χ4v) is 2.75. The monoisotopic (exact) mass is 248 g/mol. The maximum absolute atomic E-state index is 10.7. The van der Waals surface area contributed by atoms with Crippen molar-refractivity contribution in [1.82, 2.24) is 0 Å². The molecule has 0 bridgehead atoms. The van der Waals surface area contributed by atoms with Crippen LogP contribution in [0.25, 0.3) is 11.1 Å². The number of anilines is 1. The van der Waals surface area contributed by atoms with Gasteiger partial charge in [0.15, 0.2) is 0 Å². The highest BCUT2D eigenvalue weighted by atomic mass is 32.1. The number of nitro benzene ring substituents is 1. The number of non-ortho nitro benzene ring substituents is 1. The highest BCUT2D eigenvalue weighted by Gasteiger charge is 2.14. The van der Waals surface area contributed by atoms with E-state index in [2.05, 4.69) is 0 Å². The molecule has 0 radical (unpaired) electrons. The van der Waals surface area contributed by atoms with E-state index in [1.165, 1.54) is 17.4 Å². The van der Waals surface area contributed by atoms with Crippen LogP contribution in [0.15, 0.2) is 24.3 Å². The highest BCUT2D eigenvalue weighted by molar-refractivity contribution is 7.16. The second-order valence-corrected chi connectivity index (χ2v) is 5.09. The van der Waals surface area contributed by atoms with Crippen LogP contribution >= 0.6 is 11.3 Å². The van der Waals surface area contributed by atoms with Crippen molar-refractivity contribution < 1.29 is 4.92 Å². The Labute approximate surface area is 103 Å². The first-order valence-corrected chi connectivity index (χ1v) is 5.92. The van der Waals surface area contributed by atoms with E-state index in [1.54, 1.807) is 12.1 Å². The second kappa shape index (κ2) is 4.18. The zero-order chi connectivity index (χ0) is 12.6. The number of benzene rings is 1. The van der Waals surface area contributed by atoms with Crippen molar-refractivity contribution in [3.8, 4) is 11.1 Å². The molecule has 4 nitrogen and oxygen atoms in total. The third kappa shape index (κ3) is 2.01. The molecule has 2 N–H and O–H groups in total. The lowest BCUT2D eigenvalue weighted by Crippen LogP contribution is -1.90. The number of hydrogen-bond donors (Lipinski definition) is 1. The Bertz CT molecular complexity index is 590. The number of nitro groups is 1. The van der Waals surface area contributed by atoms with E-state index in [1.807, 2.05) is 19.9 Å². The Morgan fingerprint density at radius 1 is 1.35 bits per heavy atom. The Kier molecular flexibility index (Phi) is 2.85. The van der Waals surface area contributed by atoms with Crippen LogP contribution in [0.3, 0.4) is 0 Å². The lowest BCUT2D eigenvalue weighted by Gasteiger charge is -2.02. The van der Waals surface area contributed by atoms with Gasteiger partial charge in [-0.3, -0.25) is 10.1 Å². The maximum atomic E-state index is 10.7. The second-order valence-electron chi connectivity index (χ2n) is 3.83. The van der Waals surface area contributed by atoms with Crippen LogP contribution in [0.1, 0.15) is 10.4 Å². The molecule has 0 spiro atoms. The van der Waals surface area contributed by atoms with Gasteiger partial charge in [0, 0.05) is 22.6 Å². The molecule has 1 heterocycles. The molecule has 0 amide bonds. The Balaban J connectivity index is 2.60. The molecule has 0 aliphatic rings. The van der Waals surface area contributed by atoms with Gasteiger partial charge in [-0.15, -0.1) is 11.3 Å². The number of aryl methyl sites for hydroxylation is 1. The largest absolute Gasteiger partial charge is 0.390 e. The standard InChI is InChI=1S/C12H12N2O2S/c1-7-8(2)17-12(13)11(7)9-4-3-5-10(6-9)14(15)16/h3-6H,13H2,1-2H3. The van der Waals surface area contributed by atoms with Crippen molar-refractivity contribution in [2.45, 2.75) is 13.8 Å². The molecule has 1 aromatic carbocycles. The normalized spacial score (nSPS) is 10.5. The van der Waals surface area contributed by atoms with Gasteiger partial charge < -0.3 is 5.73 Å². The van der Waals surface area contributed by atoms with Gasteiger partial charge in [-0.2, -0.15) is 0 Å². The van der Waals surface area contributed by atoms with Crippen LogP contribution in [0.2, 0.25) is 0 Å². The van der Waals surface area contributed by atoms with E-state index < -0.39 is 4.92 Å². The van der Waals surface area contributed by atoms with Crippen LogP contribution < -0.4 is 5.73 Å². The zero-order valence-corrected chi connectivity index (χ0v) is 10.4. The number of nitrogens with zero attached hydrogens (tertiary/aromatic N) is 1. The predicted molar refractivity (Wildman–Crippen MR) is 70.3 cm³/mol. The number of hydrogen-bond acceptors (Lipinski definition) is 4. The molecule has 88 valence electrons. The zero-order valence-electron chi connectivity index (χ0n) is 9.56. The first-order valence-electron chi connectivity index (χ1n) is 5.11. The summed E-state index contributed by atoms with van der Waals surface area (Å²) >= 11 is 1.51. The van der Waals surface area contributed by atoms with Gasteiger partial charge in [-0.05, 0) is 25.0 Å². The van der Waals surface area contributed by atoms with Gasteiger partial charge in [0.05, 0.1) is 9.92 Å². The Hall–Kier alpha value is -1.88. The quantitative estimate of drug-likeness (QED) is 0.653. The molecule has 2 rings (SSSR count). The maximum Gasteiger partial charge on any atom is 0.270 e. The molecule has 0 saturated heterocycles. The molecule has 0 fully saturated rings. The van der Waals surface area contributed by atoms with Gasteiger partial charge in [0.1, 0.15) is 0 Å².